The molecule has 0 bridgehead atoms. The number of nitrogens with one attached hydrogen (secondary N) is 1. The Morgan fingerprint density at radius 3 is 2.92 bits per heavy atom. The van der Waals surface area contributed by atoms with Crippen LogP contribution in [0.4, 0.5) is 4.39 Å². The average Bonchev–Trinajstić information content (AvgIpc) is 2.05. The van der Waals surface area contributed by atoms with Crippen LogP contribution >= 0.6 is 0 Å². The second kappa shape index (κ2) is 4.77. The van der Waals surface area contributed by atoms with Crippen LogP contribution in [-0.2, 0) is 0 Å². The van der Waals surface area contributed by atoms with Crippen molar-refractivity contribution < 1.29 is 4.39 Å². The quantitative estimate of drug-likeness (QED) is 0.683. The fourth-order valence-corrected chi connectivity index (χ4v) is 1.61. The normalized spacial score (nSPS) is 26.5. The van der Waals surface area contributed by atoms with Crippen LogP contribution < -0.4 is 5.32 Å². The van der Waals surface area contributed by atoms with Crippen molar-refractivity contribution in [2.24, 2.45) is 5.92 Å². The summed E-state index contributed by atoms with van der Waals surface area (Å²) in [5, 5.41) is 3.44. The zero-order valence-electron chi connectivity index (χ0n) is 8.02. The molecule has 0 saturated carbocycles. The molecule has 1 rings (SSSR count). The van der Waals surface area contributed by atoms with Gasteiger partial charge >= 0.3 is 0 Å². The van der Waals surface area contributed by atoms with Gasteiger partial charge in [0.1, 0.15) is 6.67 Å². The van der Waals surface area contributed by atoms with E-state index in [-0.39, 0.29) is 6.67 Å². The van der Waals surface area contributed by atoms with Crippen LogP contribution in [0.5, 0.6) is 0 Å². The van der Waals surface area contributed by atoms with Crippen molar-refractivity contribution in [3.8, 4) is 0 Å². The van der Waals surface area contributed by atoms with Crippen molar-refractivity contribution in [2.45, 2.75) is 19.9 Å². The monoisotopic (exact) mass is 174 g/mol. The van der Waals surface area contributed by atoms with Gasteiger partial charge in [-0.15, -0.1) is 0 Å². The van der Waals surface area contributed by atoms with Crippen molar-refractivity contribution in [1.29, 1.82) is 0 Å². The fourth-order valence-electron chi connectivity index (χ4n) is 1.61. The minimum Gasteiger partial charge on any atom is -0.311 e. The summed E-state index contributed by atoms with van der Waals surface area (Å²) < 4.78 is 12.0. The molecular formula is C9H19FN2. The number of hydrogen-bond acceptors (Lipinski definition) is 2. The maximum absolute atomic E-state index is 12.0. The summed E-state index contributed by atoms with van der Waals surface area (Å²) in [7, 11) is 0. The highest BCUT2D eigenvalue weighted by atomic mass is 19.1. The number of halogens is 1. The van der Waals surface area contributed by atoms with Crippen molar-refractivity contribution >= 4 is 0 Å². The third kappa shape index (κ3) is 2.72. The fraction of sp³-hybridized carbons (Fsp3) is 1.00. The Bertz CT molecular complexity index is 126. The summed E-state index contributed by atoms with van der Waals surface area (Å²) in [6.45, 7) is 7.79. The Morgan fingerprint density at radius 1 is 1.58 bits per heavy atom. The molecule has 1 unspecified atom stereocenters. The highest BCUT2D eigenvalue weighted by molar-refractivity contribution is 4.80. The number of hydrogen-bond donors (Lipinski definition) is 1. The van der Waals surface area contributed by atoms with Gasteiger partial charge in [-0.1, -0.05) is 13.8 Å². The van der Waals surface area contributed by atoms with E-state index in [1.54, 1.807) is 0 Å². The first kappa shape index (κ1) is 9.93. The van der Waals surface area contributed by atoms with E-state index in [4.69, 9.17) is 0 Å². The Kier molecular flexibility index (Phi) is 3.95. The standard InChI is InChI=1S/C9H19FN2/c1-8(2)9-7-12(5-3-10)6-4-11-9/h8-9,11H,3-7H2,1-2H3. The maximum atomic E-state index is 12.0. The first-order chi connectivity index (χ1) is 5.74. The van der Waals surface area contributed by atoms with Gasteiger partial charge in [-0.05, 0) is 5.92 Å². The van der Waals surface area contributed by atoms with Gasteiger partial charge in [0.25, 0.3) is 0 Å². The lowest BCUT2D eigenvalue weighted by Gasteiger charge is -2.35. The summed E-state index contributed by atoms with van der Waals surface area (Å²) in [6.07, 6.45) is 0. The second-order valence-corrected chi connectivity index (χ2v) is 3.79. The Labute approximate surface area is 74.1 Å². The lowest BCUT2D eigenvalue weighted by atomic mass is 10.0. The predicted molar refractivity (Wildman–Crippen MR) is 49.0 cm³/mol. The summed E-state index contributed by atoms with van der Waals surface area (Å²) >= 11 is 0. The zero-order valence-corrected chi connectivity index (χ0v) is 8.02. The average molecular weight is 174 g/mol. The molecule has 12 heavy (non-hydrogen) atoms. The van der Waals surface area contributed by atoms with Gasteiger partial charge in [0, 0.05) is 32.2 Å². The van der Waals surface area contributed by atoms with E-state index in [0.29, 0.717) is 18.5 Å². The SMILES string of the molecule is CC(C)C1CN(CCF)CCN1. The molecule has 1 heterocycles. The molecule has 0 aliphatic carbocycles. The first-order valence-electron chi connectivity index (χ1n) is 4.75. The second-order valence-electron chi connectivity index (χ2n) is 3.79. The van der Waals surface area contributed by atoms with Crippen LogP contribution in [0.1, 0.15) is 13.8 Å². The molecule has 0 aromatic carbocycles. The minimum atomic E-state index is -0.217. The lowest BCUT2D eigenvalue weighted by molar-refractivity contribution is 0.165. The molecule has 72 valence electrons. The van der Waals surface area contributed by atoms with Crippen molar-refractivity contribution in [3.05, 3.63) is 0 Å². The van der Waals surface area contributed by atoms with Crippen LogP contribution in [0.3, 0.4) is 0 Å². The van der Waals surface area contributed by atoms with Crippen LogP contribution in [0.2, 0.25) is 0 Å². The molecule has 2 nitrogen and oxygen atoms in total. The number of rotatable bonds is 3. The zero-order chi connectivity index (χ0) is 8.97. The van der Waals surface area contributed by atoms with Gasteiger partial charge in [-0.3, -0.25) is 4.90 Å². The third-order valence-electron chi connectivity index (χ3n) is 2.49. The summed E-state index contributed by atoms with van der Waals surface area (Å²) in [6, 6.07) is 0.547. The molecule has 0 amide bonds. The van der Waals surface area contributed by atoms with E-state index < -0.39 is 0 Å². The van der Waals surface area contributed by atoms with Gasteiger partial charge in [-0.25, -0.2) is 4.39 Å². The Balaban J connectivity index is 2.30. The van der Waals surface area contributed by atoms with E-state index >= 15 is 0 Å². The van der Waals surface area contributed by atoms with Crippen LogP contribution in [0, 0.1) is 5.92 Å². The Morgan fingerprint density at radius 2 is 2.33 bits per heavy atom. The summed E-state index contributed by atoms with van der Waals surface area (Å²) in [4.78, 5) is 2.20. The van der Waals surface area contributed by atoms with Crippen LogP contribution in [0.25, 0.3) is 0 Å². The minimum absolute atomic E-state index is 0.217. The highest BCUT2D eigenvalue weighted by Crippen LogP contribution is 2.07. The Hall–Kier alpha value is -0.150. The highest BCUT2D eigenvalue weighted by Gasteiger charge is 2.20. The number of alkyl halides is 1. The van der Waals surface area contributed by atoms with E-state index in [9.17, 15) is 4.39 Å². The molecule has 3 heteroatoms. The van der Waals surface area contributed by atoms with Crippen molar-refractivity contribution in [3.63, 3.8) is 0 Å². The largest absolute Gasteiger partial charge is 0.311 e. The summed E-state index contributed by atoms with van der Waals surface area (Å²) in [5.74, 6) is 0.646. The number of nitrogens with zero attached hydrogens (tertiary/aromatic N) is 1. The van der Waals surface area contributed by atoms with E-state index in [1.165, 1.54) is 0 Å². The summed E-state index contributed by atoms with van der Waals surface area (Å²) in [5.41, 5.74) is 0. The molecule has 1 N–H and O–H groups in total. The van der Waals surface area contributed by atoms with Gasteiger partial charge < -0.3 is 5.32 Å². The van der Waals surface area contributed by atoms with E-state index in [0.717, 1.165) is 19.6 Å². The van der Waals surface area contributed by atoms with E-state index in [2.05, 4.69) is 24.1 Å². The molecule has 1 fully saturated rings. The first-order valence-corrected chi connectivity index (χ1v) is 4.75. The van der Waals surface area contributed by atoms with E-state index in [1.807, 2.05) is 0 Å². The predicted octanol–water partition coefficient (Wildman–Crippen LogP) is 0.886. The molecule has 0 spiro atoms. The topological polar surface area (TPSA) is 15.3 Å². The van der Waals surface area contributed by atoms with Gasteiger partial charge in [0.2, 0.25) is 0 Å². The molecule has 0 radical (unpaired) electrons. The van der Waals surface area contributed by atoms with Gasteiger partial charge in [-0.2, -0.15) is 0 Å². The third-order valence-corrected chi connectivity index (χ3v) is 2.49. The molecule has 1 aliphatic heterocycles. The van der Waals surface area contributed by atoms with Crippen LogP contribution in [0.15, 0.2) is 0 Å². The number of piperazine rings is 1. The van der Waals surface area contributed by atoms with Crippen molar-refractivity contribution in [1.82, 2.24) is 10.2 Å². The smallest absolute Gasteiger partial charge is 0.102 e. The van der Waals surface area contributed by atoms with Gasteiger partial charge in [0.05, 0.1) is 0 Å². The molecule has 0 aromatic heterocycles. The maximum Gasteiger partial charge on any atom is 0.102 e. The van der Waals surface area contributed by atoms with Crippen molar-refractivity contribution in [2.75, 3.05) is 32.9 Å². The molecule has 1 saturated heterocycles. The molecule has 1 aliphatic rings. The molecule has 0 aromatic rings. The lowest BCUT2D eigenvalue weighted by Crippen LogP contribution is -2.53. The molecule has 1 atom stereocenters. The molecular weight excluding hydrogens is 155 g/mol. The van der Waals surface area contributed by atoms with Gasteiger partial charge in [0.15, 0.2) is 0 Å². The van der Waals surface area contributed by atoms with Crippen LogP contribution in [-0.4, -0.2) is 43.8 Å².